The fourth-order valence-electron chi connectivity index (χ4n) is 3.73. The highest BCUT2D eigenvalue weighted by molar-refractivity contribution is 5.50. The van der Waals surface area contributed by atoms with Crippen LogP contribution in [0.4, 0.5) is 24.7 Å². The van der Waals surface area contributed by atoms with Gasteiger partial charge in [0, 0.05) is 31.2 Å². The topological polar surface area (TPSA) is 146 Å². The first-order chi connectivity index (χ1) is 16.7. The molecule has 2 N–H and O–H groups in total. The summed E-state index contributed by atoms with van der Waals surface area (Å²) in [5, 5.41) is 20.7. The highest BCUT2D eigenvalue weighted by Crippen LogP contribution is 2.32. The maximum absolute atomic E-state index is 13.2. The van der Waals surface area contributed by atoms with E-state index in [1.54, 1.807) is 24.2 Å². The smallest absolute Gasteiger partial charge is 0.378 e. The number of nitrogens with one attached hydrogen (secondary N) is 2. The van der Waals surface area contributed by atoms with Gasteiger partial charge < -0.3 is 19.5 Å². The molecule has 1 fully saturated rings. The number of rotatable bonds is 8. The lowest BCUT2D eigenvalue weighted by Gasteiger charge is -2.17. The summed E-state index contributed by atoms with van der Waals surface area (Å²) in [5.74, 6) is 1.59. The zero-order valence-electron chi connectivity index (χ0n) is 18.5. The number of ether oxygens (including phenoxy) is 1. The van der Waals surface area contributed by atoms with E-state index in [9.17, 15) is 18.0 Å². The van der Waals surface area contributed by atoms with Crippen molar-refractivity contribution in [2.24, 2.45) is 0 Å². The molecular formula is C21H21F3N8O3. The number of nitrogens with zero attached hydrogens (tertiary/aromatic N) is 6. The van der Waals surface area contributed by atoms with Crippen LogP contribution in [-0.4, -0.2) is 51.1 Å². The summed E-state index contributed by atoms with van der Waals surface area (Å²) in [5.41, 5.74) is -2.61. The second-order valence-electron chi connectivity index (χ2n) is 8.04. The van der Waals surface area contributed by atoms with E-state index < -0.39 is 29.0 Å². The second-order valence-corrected chi connectivity index (χ2v) is 8.04. The van der Waals surface area contributed by atoms with Crippen LogP contribution in [0.3, 0.4) is 0 Å². The van der Waals surface area contributed by atoms with Gasteiger partial charge in [-0.1, -0.05) is 5.16 Å². The number of hydrogen-bond donors (Lipinski definition) is 2. The molecule has 0 aliphatic carbocycles. The molecule has 0 saturated carbocycles. The number of aromatic nitrogens is 5. The summed E-state index contributed by atoms with van der Waals surface area (Å²) in [6.07, 6.45) is -1.60. The van der Waals surface area contributed by atoms with Crippen molar-refractivity contribution in [2.75, 3.05) is 29.9 Å². The minimum atomic E-state index is -4.83. The Hall–Kier alpha value is -3.99. The third-order valence-electron chi connectivity index (χ3n) is 5.37. The number of hydrogen-bond acceptors (Lipinski definition) is 10. The monoisotopic (exact) mass is 490 g/mol. The molecule has 0 amide bonds. The van der Waals surface area contributed by atoms with E-state index in [-0.39, 0.29) is 25.0 Å². The van der Waals surface area contributed by atoms with Crippen LogP contribution in [0.2, 0.25) is 0 Å². The minimum Gasteiger partial charge on any atom is -0.378 e. The molecule has 2 unspecified atom stereocenters. The molecule has 0 bridgehead atoms. The second kappa shape index (κ2) is 10.1. The van der Waals surface area contributed by atoms with Crippen LogP contribution in [0, 0.1) is 11.3 Å². The molecule has 11 nitrogen and oxygen atoms in total. The SMILES string of the molecule is CC(COCc1nc(C2CCN(c3ccc(C#N)cn3)C2)no1)Nc1cn[nH]c(=O)c1C(F)(F)F. The van der Waals surface area contributed by atoms with Crippen molar-refractivity contribution >= 4 is 11.5 Å². The zero-order valence-corrected chi connectivity index (χ0v) is 18.5. The van der Waals surface area contributed by atoms with E-state index in [0.29, 0.717) is 17.9 Å². The van der Waals surface area contributed by atoms with Gasteiger partial charge in [-0.25, -0.2) is 10.1 Å². The van der Waals surface area contributed by atoms with Gasteiger partial charge in [-0.05, 0) is 25.5 Å². The van der Waals surface area contributed by atoms with Gasteiger partial charge in [0.15, 0.2) is 5.82 Å². The first kappa shape index (κ1) is 24.1. The zero-order chi connectivity index (χ0) is 25.0. The van der Waals surface area contributed by atoms with Gasteiger partial charge in [0.05, 0.1) is 24.1 Å². The molecule has 0 radical (unpaired) electrons. The molecule has 14 heteroatoms. The van der Waals surface area contributed by atoms with Gasteiger partial charge in [-0.3, -0.25) is 4.79 Å². The number of halogens is 3. The molecule has 0 aromatic carbocycles. The Morgan fingerprint density at radius 2 is 2.23 bits per heavy atom. The average Bonchev–Trinajstić information content (AvgIpc) is 3.48. The Bertz CT molecular complexity index is 1250. The molecule has 3 aromatic rings. The highest BCUT2D eigenvalue weighted by Gasteiger charge is 2.37. The van der Waals surface area contributed by atoms with Crippen LogP contribution in [0.25, 0.3) is 0 Å². The molecular weight excluding hydrogens is 469 g/mol. The Morgan fingerprint density at radius 3 is 2.94 bits per heavy atom. The highest BCUT2D eigenvalue weighted by atomic mass is 19.4. The Morgan fingerprint density at radius 1 is 1.40 bits per heavy atom. The van der Waals surface area contributed by atoms with Crippen molar-refractivity contribution in [3.63, 3.8) is 0 Å². The third-order valence-corrected chi connectivity index (χ3v) is 5.37. The predicted octanol–water partition coefficient (Wildman–Crippen LogP) is 2.45. The van der Waals surface area contributed by atoms with Gasteiger partial charge in [0.25, 0.3) is 11.4 Å². The minimum absolute atomic E-state index is 0.0172. The van der Waals surface area contributed by atoms with E-state index in [1.165, 1.54) is 6.20 Å². The lowest BCUT2D eigenvalue weighted by atomic mass is 10.1. The van der Waals surface area contributed by atoms with E-state index in [0.717, 1.165) is 25.0 Å². The predicted molar refractivity (Wildman–Crippen MR) is 115 cm³/mol. The molecule has 1 aliphatic heterocycles. The van der Waals surface area contributed by atoms with Crippen molar-refractivity contribution < 1.29 is 22.4 Å². The molecule has 184 valence electrons. The van der Waals surface area contributed by atoms with Crippen LogP contribution in [0.1, 0.15) is 42.1 Å². The summed E-state index contributed by atoms with van der Waals surface area (Å²) < 4.78 is 50.2. The maximum Gasteiger partial charge on any atom is 0.423 e. The molecule has 0 spiro atoms. The number of nitriles is 1. The Kier molecular flexibility index (Phi) is 6.97. The van der Waals surface area contributed by atoms with Crippen LogP contribution >= 0.6 is 0 Å². The van der Waals surface area contributed by atoms with Crippen LogP contribution in [0.5, 0.6) is 0 Å². The summed E-state index contributed by atoms with van der Waals surface area (Å²) >= 11 is 0. The summed E-state index contributed by atoms with van der Waals surface area (Å²) in [6, 6.07) is 4.98. The molecule has 35 heavy (non-hydrogen) atoms. The van der Waals surface area contributed by atoms with Crippen molar-refractivity contribution in [2.45, 2.75) is 38.1 Å². The van der Waals surface area contributed by atoms with Gasteiger partial charge >= 0.3 is 6.18 Å². The van der Waals surface area contributed by atoms with Gasteiger partial charge in [0.1, 0.15) is 24.1 Å². The quantitative estimate of drug-likeness (QED) is 0.483. The van der Waals surface area contributed by atoms with Crippen LogP contribution in [-0.2, 0) is 17.5 Å². The molecule has 1 aliphatic rings. The summed E-state index contributed by atoms with van der Waals surface area (Å²) in [6.45, 7) is 3.00. The average molecular weight is 490 g/mol. The van der Waals surface area contributed by atoms with E-state index >= 15 is 0 Å². The third kappa shape index (κ3) is 5.75. The van der Waals surface area contributed by atoms with Gasteiger partial charge in [0.2, 0.25) is 0 Å². The summed E-state index contributed by atoms with van der Waals surface area (Å²) in [4.78, 5) is 22.3. The fraction of sp³-hybridized carbons (Fsp3) is 0.429. The van der Waals surface area contributed by atoms with E-state index in [1.807, 2.05) is 6.07 Å². The van der Waals surface area contributed by atoms with E-state index in [4.69, 9.17) is 14.5 Å². The Balaban J connectivity index is 1.28. The van der Waals surface area contributed by atoms with Crippen molar-refractivity contribution in [1.82, 2.24) is 25.3 Å². The number of alkyl halides is 3. The summed E-state index contributed by atoms with van der Waals surface area (Å²) in [7, 11) is 0. The molecule has 2 atom stereocenters. The number of aromatic amines is 1. The van der Waals surface area contributed by atoms with Gasteiger partial charge in [-0.15, -0.1) is 0 Å². The lowest BCUT2D eigenvalue weighted by molar-refractivity contribution is -0.138. The molecule has 1 saturated heterocycles. The van der Waals surface area contributed by atoms with Crippen LogP contribution < -0.4 is 15.8 Å². The molecule has 3 aromatic heterocycles. The standard InChI is InChI=1S/C21H21F3N8O3/c1-12(28-15-8-27-30-20(33)18(15)21(22,23)24)10-34-11-17-29-19(31-35-17)14-4-5-32(9-14)16-3-2-13(6-25)7-26-16/h2-3,7-8,12,14H,4-5,9-11H2,1H3,(H2,28,30,33). The Labute approximate surface area is 196 Å². The van der Waals surface area contributed by atoms with Crippen molar-refractivity contribution in [3.8, 4) is 6.07 Å². The lowest BCUT2D eigenvalue weighted by Crippen LogP contribution is -2.29. The number of pyridine rings is 1. The number of H-pyrrole nitrogens is 1. The first-order valence-corrected chi connectivity index (χ1v) is 10.7. The maximum atomic E-state index is 13.2. The molecule has 4 heterocycles. The largest absolute Gasteiger partial charge is 0.423 e. The van der Waals surface area contributed by atoms with Gasteiger partial charge in [-0.2, -0.15) is 28.5 Å². The van der Waals surface area contributed by atoms with Crippen molar-refractivity contribution in [1.29, 1.82) is 5.26 Å². The van der Waals surface area contributed by atoms with E-state index in [2.05, 4.69) is 30.4 Å². The van der Waals surface area contributed by atoms with Crippen molar-refractivity contribution in [3.05, 3.63) is 57.7 Å². The fourth-order valence-corrected chi connectivity index (χ4v) is 3.73. The molecule has 4 rings (SSSR count). The first-order valence-electron chi connectivity index (χ1n) is 10.7. The normalized spacial score (nSPS) is 16.8. The number of anilines is 2. The van der Waals surface area contributed by atoms with Crippen LogP contribution in [0.15, 0.2) is 33.8 Å².